The molecule has 1 fully saturated rings. The third-order valence-corrected chi connectivity index (χ3v) is 2.57. The number of hydrogen-bond donors (Lipinski definition) is 1. The first kappa shape index (κ1) is 11.9. The molecule has 0 atom stereocenters. The summed E-state index contributed by atoms with van der Waals surface area (Å²) in [6.07, 6.45) is 0.671. The van der Waals surface area contributed by atoms with Crippen molar-refractivity contribution in [3.8, 4) is 0 Å². The largest absolute Gasteiger partial charge is 0.375 e. The minimum Gasteiger partial charge on any atom is -0.375 e. The van der Waals surface area contributed by atoms with E-state index in [1.807, 2.05) is 13.8 Å². The van der Waals surface area contributed by atoms with Gasteiger partial charge in [0.15, 0.2) is 6.29 Å². The van der Waals surface area contributed by atoms with E-state index in [4.69, 9.17) is 14.2 Å². The first-order valence-electron chi connectivity index (χ1n) is 5.25. The molecule has 1 aliphatic heterocycles. The zero-order chi connectivity index (χ0) is 10.4. The van der Waals surface area contributed by atoms with Gasteiger partial charge in [-0.2, -0.15) is 0 Å². The lowest BCUT2D eigenvalue weighted by molar-refractivity contribution is -0.183. The molecule has 0 aliphatic carbocycles. The molecule has 0 aromatic heterocycles. The molecule has 0 amide bonds. The van der Waals surface area contributed by atoms with E-state index >= 15 is 0 Å². The third kappa shape index (κ3) is 2.92. The molecule has 0 radical (unpaired) electrons. The Kier molecular flexibility index (Phi) is 4.81. The highest BCUT2D eigenvalue weighted by Crippen LogP contribution is 2.23. The molecule has 0 aromatic rings. The monoisotopic (exact) mass is 203 g/mol. The Morgan fingerprint density at radius 1 is 1.21 bits per heavy atom. The zero-order valence-electron chi connectivity index (χ0n) is 9.34. The highest BCUT2D eigenvalue weighted by molar-refractivity contribution is 4.95. The lowest BCUT2D eigenvalue weighted by Crippen LogP contribution is -2.62. The van der Waals surface area contributed by atoms with Crippen molar-refractivity contribution >= 4 is 0 Å². The van der Waals surface area contributed by atoms with E-state index in [9.17, 15) is 0 Å². The standard InChI is InChI=1S/C10H21NO3/c1-4-13-9(14-5-2)6-10(12-3)7-11-8-10/h9,11H,4-8H2,1-3H3. The molecule has 0 unspecified atom stereocenters. The summed E-state index contributed by atoms with van der Waals surface area (Å²) in [4.78, 5) is 0. The molecule has 0 aromatic carbocycles. The van der Waals surface area contributed by atoms with Gasteiger partial charge in [-0.1, -0.05) is 0 Å². The first-order chi connectivity index (χ1) is 6.76. The molecule has 1 N–H and O–H groups in total. The minimum atomic E-state index is -0.132. The van der Waals surface area contributed by atoms with Gasteiger partial charge in [0.05, 0.1) is 5.60 Å². The first-order valence-corrected chi connectivity index (χ1v) is 5.25. The molecule has 0 saturated carbocycles. The van der Waals surface area contributed by atoms with Crippen molar-refractivity contribution < 1.29 is 14.2 Å². The predicted octanol–water partition coefficient (Wildman–Crippen LogP) is 0.764. The van der Waals surface area contributed by atoms with Gasteiger partial charge in [0.25, 0.3) is 0 Å². The van der Waals surface area contributed by atoms with Crippen LogP contribution in [0.1, 0.15) is 20.3 Å². The van der Waals surface area contributed by atoms with Crippen LogP contribution in [0, 0.1) is 0 Å². The number of ether oxygens (including phenoxy) is 3. The Morgan fingerprint density at radius 2 is 1.79 bits per heavy atom. The van der Waals surface area contributed by atoms with Crippen molar-refractivity contribution in [3.05, 3.63) is 0 Å². The van der Waals surface area contributed by atoms with Gasteiger partial charge in [0.1, 0.15) is 0 Å². The molecule has 84 valence electrons. The van der Waals surface area contributed by atoms with E-state index in [1.54, 1.807) is 7.11 Å². The highest BCUT2D eigenvalue weighted by Gasteiger charge is 2.39. The lowest BCUT2D eigenvalue weighted by Gasteiger charge is -2.42. The predicted molar refractivity (Wildman–Crippen MR) is 54.3 cm³/mol. The summed E-state index contributed by atoms with van der Waals surface area (Å²) in [6.45, 7) is 7.09. The average molecular weight is 203 g/mol. The summed E-state index contributed by atoms with van der Waals surface area (Å²) < 4.78 is 16.4. The van der Waals surface area contributed by atoms with Crippen LogP contribution in [0.3, 0.4) is 0 Å². The SMILES string of the molecule is CCOC(CC1(OC)CNC1)OCC. The number of rotatable bonds is 7. The molecule has 1 rings (SSSR count). The highest BCUT2D eigenvalue weighted by atomic mass is 16.7. The van der Waals surface area contributed by atoms with Gasteiger partial charge in [-0.3, -0.25) is 0 Å². The summed E-state index contributed by atoms with van der Waals surface area (Å²) in [5.74, 6) is 0. The molecule has 0 spiro atoms. The van der Waals surface area contributed by atoms with Crippen molar-refractivity contribution in [2.24, 2.45) is 0 Å². The van der Waals surface area contributed by atoms with Crippen LogP contribution in [-0.4, -0.2) is 45.3 Å². The van der Waals surface area contributed by atoms with E-state index in [1.165, 1.54) is 0 Å². The fourth-order valence-electron chi connectivity index (χ4n) is 1.62. The van der Waals surface area contributed by atoms with Crippen LogP contribution < -0.4 is 5.32 Å². The maximum Gasteiger partial charge on any atom is 0.160 e. The van der Waals surface area contributed by atoms with Crippen LogP contribution in [-0.2, 0) is 14.2 Å². The van der Waals surface area contributed by atoms with E-state index in [0.29, 0.717) is 13.2 Å². The Balaban J connectivity index is 2.36. The number of hydrogen-bond acceptors (Lipinski definition) is 4. The van der Waals surface area contributed by atoms with Crippen LogP contribution in [0.4, 0.5) is 0 Å². The third-order valence-electron chi connectivity index (χ3n) is 2.57. The topological polar surface area (TPSA) is 39.7 Å². The van der Waals surface area contributed by atoms with Crippen LogP contribution in [0.2, 0.25) is 0 Å². The van der Waals surface area contributed by atoms with Gasteiger partial charge in [-0.05, 0) is 13.8 Å². The number of nitrogens with one attached hydrogen (secondary N) is 1. The van der Waals surface area contributed by atoms with Gasteiger partial charge < -0.3 is 19.5 Å². The van der Waals surface area contributed by atoms with Crippen LogP contribution in [0.25, 0.3) is 0 Å². The van der Waals surface area contributed by atoms with Crippen LogP contribution >= 0.6 is 0 Å². The maximum atomic E-state index is 5.49. The Labute approximate surface area is 85.9 Å². The molecule has 4 nitrogen and oxygen atoms in total. The van der Waals surface area contributed by atoms with Crippen LogP contribution in [0.15, 0.2) is 0 Å². The summed E-state index contributed by atoms with van der Waals surface area (Å²) in [5, 5.41) is 3.21. The minimum absolute atomic E-state index is 0.0744. The van der Waals surface area contributed by atoms with E-state index in [2.05, 4.69) is 5.32 Å². The van der Waals surface area contributed by atoms with Gasteiger partial charge in [0.2, 0.25) is 0 Å². The Bertz CT molecular complexity index is 148. The van der Waals surface area contributed by atoms with Crippen molar-refractivity contribution in [1.82, 2.24) is 5.32 Å². The van der Waals surface area contributed by atoms with Gasteiger partial charge in [-0.25, -0.2) is 0 Å². The molecule has 0 bridgehead atoms. The lowest BCUT2D eigenvalue weighted by atomic mass is 9.92. The average Bonchev–Trinajstić information content (AvgIpc) is 2.12. The second-order valence-corrected chi connectivity index (χ2v) is 3.54. The van der Waals surface area contributed by atoms with Gasteiger partial charge >= 0.3 is 0 Å². The molecule has 14 heavy (non-hydrogen) atoms. The Morgan fingerprint density at radius 3 is 2.07 bits per heavy atom. The molecule has 4 heteroatoms. The van der Waals surface area contributed by atoms with Crippen molar-refractivity contribution in [2.75, 3.05) is 33.4 Å². The van der Waals surface area contributed by atoms with Crippen molar-refractivity contribution in [1.29, 1.82) is 0 Å². The zero-order valence-corrected chi connectivity index (χ0v) is 9.34. The molecule has 1 heterocycles. The molecule has 1 saturated heterocycles. The quantitative estimate of drug-likeness (QED) is 0.620. The van der Waals surface area contributed by atoms with E-state index in [0.717, 1.165) is 19.5 Å². The summed E-state index contributed by atoms with van der Waals surface area (Å²) in [6, 6.07) is 0. The van der Waals surface area contributed by atoms with Crippen molar-refractivity contribution in [2.45, 2.75) is 32.2 Å². The molecular formula is C10H21NO3. The van der Waals surface area contributed by atoms with E-state index in [-0.39, 0.29) is 11.9 Å². The number of methoxy groups -OCH3 is 1. The van der Waals surface area contributed by atoms with Crippen molar-refractivity contribution in [3.63, 3.8) is 0 Å². The Hall–Kier alpha value is -0.160. The molecule has 1 aliphatic rings. The summed E-state index contributed by atoms with van der Waals surface area (Å²) >= 11 is 0. The molecular weight excluding hydrogens is 182 g/mol. The summed E-state index contributed by atoms with van der Waals surface area (Å²) in [5.41, 5.74) is -0.0744. The fourth-order valence-corrected chi connectivity index (χ4v) is 1.62. The summed E-state index contributed by atoms with van der Waals surface area (Å²) in [7, 11) is 1.75. The second kappa shape index (κ2) is 5.66. The maximum absolute atomic E-state index is 5.49. The second-order valence-electron chi connectivity index (χ2n) is 3.54. The van der Waals surface area contributed by atoms with E-state index < -0.39 is 0 Å². The van der Waals surface area contributed by atoms with Gasteiger partial charge in [-0.15, -0.1) is 0 Å². The van der Waals surface area contributed by atoms with Crippen LogP contribution in [0.5, 0.6) is 0 Å². The normalized spacial score (nSPS) is 19.7. The smallest absolute Gasteiger partial charge is 0.160 e. The van der Waals surface area contributed by atoms with Gasteiger partial charge in [0, 0.05) is 39.8 Å². The fraction of sp³-hybridized carbons (Fsp3) is 1.00.